The summed E-state index contributed by atoms with van der Waals surface area (Å²) in [5.74, 6) is 3.67. The Balaban J connectivity index is 1.35. The van der Waals surface area contributed by atoms with Gasteiger partial charge in [-0.2, -0.15) is 0 Å². The fourth-order valence-corrected chi connectivity index (χ4v) is 4.87. The van der Waals surface area contributed by atoms with E-state index in [0.717, 1.165) is 48.4 Å². The van der Waals surface area contributed by atoms with Crippen molar-refractivity contribution in [3.63, 3.8) is 0 Å². The molecule has 0 saturated heterocycles. The van der Waals surface area contributed by atoms with Gasteiger partial charge in [0.15, 0.2) is 5.82 Å². The first-order valence-electron chi connectivity index (χ1n) is 12.8. The molecule has 1 saturated carbocycles. The second-order valence-electron chi connectivity index (χ2n) is 9.42. The van der Waals surface area contributed by atoms with Crippen molar-refractivity contribution in [1.29, 1.82) is 0 Å². The van der Waals surface area contributed by atoms with Gasteiger partial charge in [-0.3, -0.25) is 0 Å². The molecule has 3 rings (SSSR count). The van der Waals surface area contributed by atoms with E-state index in [1.165, 1.54) is 76.2 Å². The Morgan fingerprint density at radius 1 is 0.774 bits per heavy atom. The minimum Gasteiger partial charge on any atom is -0.494 e. The van der Waals surface area contributed by atoms with E-state index in [4.69, 9.17) is 4.74 Å². The van der Waals surface area contributed by atoms with Crippen LogP contribution in [-0.2, 0) is 6.42 Å². The molecule has 0 aliphatic heterocycles. The number of ether oxygens (including phenoxy) is 1. The lowest BCUT2D eigenvalue weighted by Crippen LogP contribution is -2.15. The molecule has 0 radical (unpaired) electrons. The van der Waals surface area contributed by atoms with Crippen LogP contribution in [0.25, 0.3) is 11.4 Å². The highest BCUT2D eigenvalue weighted by Gasteiger charge is 2.20. The molecular weight excluding hydrogens is 380 g/mol. The number of aromatic nitrogens is 2. The Bertz CT molecular complexity index is 718. The molecule has 1 heterocycles. The second kappa shape index (κ2) is 13.5. The molecule has 31 heavy (non-hydrogen) atoms. The number of hydrogen-bond donors (Lipinski definition) is 0. The minimum atomic E-state index is 0.794. The average Bonchev–Trinajstić information content (AvgIpc) is 2.82. The average molecular weight is 423 g/mol. The van der Waals surface area contributed by atoms with E-state index in [2.05, 4.69) is 35.9 Å². The molecule has 0 spiro atoms. The zero-order valence-electron chi connectivity index (χ0n) is 19.8. The summed E-state index contributed by atoms with van der Waals surface area (Å²) < 4.78 is 5.99. The largest absolute Gasteiger partial charge is 0.494 e. The Kier molecular flexibility index (Phi) is 10.3. The van der Waals surface area contributed by atoms with Crippen LogP contribution < -0.4 is 4.74 Å². The zero-order valence-corrected chi connectivity index (χ0v) is 19.8. The van der Waals surface area contributed by atoms with E-state index in [0.29, 0.717) is 0 Å². The number of rotatable bonds is 13. The molecule has 3 heteroatoms. The van der Waals surface area contributed by atoms with Gasteiger partial charge in [0.1, 0.15) is 5.75 Å². The van der Waals surface area contributed by atoms with Crippen LogP contribution >= 0.6 is 0 Å². The van der Waals surface area contributed by atoms with Crippen molar-refractivity contribution in [3.8, 4) is 17.1 Å². The normalized spacial score (nSPS) is 18.8. The van der Waals surface area contributed by atoms with Gasteiger partial charge in [0, 0.05) is 18.0 Å². The topological polar surface area (TPSA) is 35.0 Å². The summed E-state index contributed by atoms with van der Waals surface area (Å²) in [6, 6.07) is 8.24. The molecule has 1 aliphatic rings. The van der Waals surface area contributed by atoms with Gasteiger partial charge >= 0.3 is 0 Å². The number of hydrogen-bond acceptors (Lipinski definition) is 3. The van der Waals surface area contributed by atoms with E-state index in [1.54, 1.807) is 0 Å². The minimum absolute atomic E-state index is 0.794. The fraction of sp³-hybridized carbons (Fsp3) is 0.643. The third kappa shape index (κ3) is 8.27. The molecule has 0 unspecified atom stereocenters. The molecule has 1 aliphatic carbocycles. The van der Waals surface area contributed by atoms with Gasteiger partial charge in [0.25, 0.3) is 0 Å². The van der Waals surface area contributed by atoms with Gasteiger partial charge in [-0.1, -0.05) is 71.6 Å². The van der Waals surface area contributed by atoms with Crippen molar-refractivity contribution in [2.75, 3.05) is 6.61 Å². The molecular formula is C28H42N2O. The van der Waals surface area contributed by atoms with Gasteiger partial charge < -0.3 is 4.74 Å². The maximum atomic E-state index is 5.99. The number of unbranched alkanes of at least 4 members (excludes halogenated alkanes) is 3. The van der Waals surface area contributed by atoms with Crippen molar-refractivity contribution >= 4 is 0 Å². The molecule has 1 fully saturated rings. The van der Waals surface area contributed by atoms with Crippen LogP contribution in [0.2, 0.25) is 0 Å². The fourth-order valence-electron chi connectivity index (χ4n) is 4.87. The third-order valence-corrected chi connectivity index (χ3v) is 6.83. The van der Waals surface area contributed by atoms with Crippen molar-refractivity contribution in [2.24, 2.45) is 11.8 Å². The summed E-state index contributed by atoms with van der Waals surface area (Å²) in [6.45, 7) is 5.38. The van der Waals surface area contributed by atoms with Gasteiger partial charge in [-0.15, -0.1) is 0 Å². The molecule has 170 valence electrons. The highest BCUT2D eigenvalue weighted by molar-refractivity contribution is 5.55. The second-order valence-corrected chi connectivity index (χ2v) is 9.42. The zero-order chi connectivity index (χ0) is 21.7. The summed E-state index contributed by atoms with van der Waals surface area (Å²) in [5.41, 5.74) is 2.28. The van der Waals surface area contributed by atoms with Crippen molar-refractivity contribution in [3.05, 3.63) is 42.2 Å². The smallest absolute Gasteiger partial charge is 0.159 e. The van der Waals surface area contributed by atoms with Crippen LogP contribution in [0.1, 0.15) is 96.5 Å². The molecule has 0 bridgehead atoms. The van der Waals surface area contributed by atoms with E-state index in [1.807, 2.05) is 24.5 Å². The first-order valence-corrected chi connectivity index (χ1v) is 12.8. The first-order chi connectivity index (χ1) is 15.3. The molecule has 0 N–H and O–H groups in total. The maximum Gasteiger partial charge on any atom is 0.159 e. The van der Waals surface area contributed by atoms with Crippen LogP contribution in [0, 0.1) is 11.8 Å². The van der Waals surface area contributed by atoms with Crippen LogP contribution in [0.3, 0.4) is 0 Å². The molecule has 2 aromatic rings. The van der Waals surface area contributed by atoms with E-state index in [9.17, 15) is 0 Å². The maximum absolute atomic E-state index is 5.99. The van der Waals surface area contributed by atoms with Gasteiger partial charge in [0.2, 0.25) is 0 Å². The highest BCUT2D eigenvalue weighted by Crippen LogP contribution is 2.33. The van der Waals surface area contributed by atoms with Crippen molar-refractivity contribution < 1.29 is 4.74 Å². The number of aryl methyl sites for hydroxylation is 1. The van der Waals surface area contributed by atoms with E-state index in [-0.39, 0.29) is 0 Å². The van der Waals surface area contributed by atoms with Gasteiger partial charge in [-0.25, -0.2) is 9.97 Å². The van der Waals surface area contributed by atoms with Crippen molar-refractivity contribution in [1.82, 2.24) is 9.97 Å². The molecule has 1 aromatic heterocycles. The van der Waals surface area contributed by atoms with Crippen molar-refractivity contribution in [2.45, 2.75) is 97.3 Å². The SMILES string of the molecule is CCCCCCc1cnc(-c2ccc(OCCCC3CCC(CCC)CC3)cc2)nc1. The lowest BCUT2D eigenvalue weighted by molar-refractivity contribution is 0.230. The van der Waals surface area contributed by atoms with Crippen LogP contribution in [0.4, 0.5) is 0 Å². The summed E-state index contributed by atoms with van der Waals surface area (Å²) >= 11 is 0. The standard InChI is InChI=1S/C28H42N2O/c1-3-5-6-7-10-25-21-29-28(30-22-25)26-16-18-27(19-17-26)31-20-8-11-24-14-12-23(9-4-2)13-15-24/h16-19,21-24H,3-15,20H2,1-2H3. The Morgan fingerprint density at radius 3 is 2.10 bits per heavy atom. The summed E-state index contributed by atoms with van der Waals surface area (Å²) in [7, 11) is 0. The monoisotopic (exact) mass is 422 g/mol. The highest BCUT2D eigenvalue weighted by atomic mass is 16.5. The predicted molar refractivity (Wildman–Crippen MR) is 130 cm³/mol. The quantitative estimate of drug-likeness (QED) is 0.306. The Hall–Kier alpha value is -1.90. The molecule has 1 aromatic carbocycles. The molecule has 0 atom stereocenters. The van der Waals surface area contributed by atoms with E-state index < -0.39 is 0 Å². The lowest BCUT2D eigenvalue weighted by atomic mass is 9.78. The lowest BCUT2D eigenvalue weighted by Gasteiger charge is -2.28. The van der Waals surface area contributed by atoms with Gasteiger partial charge in [-0.05, 0) is 67.3 Å². The first kappa shape index (κ1) is 23.8. The van der Waals surface area contributed by atoms with Crippen LogP contribution in [0.5, 0.6) is 5.75 Å². The Labute approximate surface area is 190 Å². The van der Waals surface area contributed by atoms with Gasteiger partial charge in [0.05, 0.1) is 6.61 Å². The molecule has 0 amide bonds. The van der Waals surface area contributed by atoms with E-state index >= 15 is 0 Å². The summed E-state index contributed by atoms with van der Waals surface area (Å²) in [5, 5.41) is 0. The van der Waals surface area contributed by atoms with Crippen LogP contribution in [-0.4, -0.2) is 16.6 Å². The Morgan fingerprint density at radius 2 is 1.45 bits per heavy atom. The summed E-state index contributed by atoms with van der Waals surface area (Å²) in [4.78, 5) is 9.14. The summed E-state index contributed by atoms with van der Waals surface area (Å²) in [6.07, 6.45) is 21.1. The third-order valence-electron chi connectivity index (χ3n) is 6.83. The number of nitrogens with zero attached hydrogens (tertiary/aromatic N) is 2. The van der Waals surface area contributed by atoms with Crippen LogP contribution in [0.15, 0.2) is 36.7 Å². The molecule has 3 nitrogen and oxygen atoms in total. The predicted octanol–water partition coefficient (Wildman–Crippen LogP) is 8.03. The number of benzene rings is 1.